The largest absolute Gasteiger partial charge is 0.491 e. The molecular weight excluding hydrogens is 250 g/mol. The summed E-state index contributed by atoms with van der Waals surface area (Å²) < 4.78 is 11.5. The Bertz CT molecular complexity index is 714. The molecule has 1 atom stereocenters. The van der Waals surface area contributed by atoms with Crippen LogP contribution in [0.3, 0.4) is 0 Å². The molecule has 1 unspecified atom stereocenters. The topological polar surface area (TPSA) is 34.4 Å². The van der Waals surface area contributed by atoms with Crippen LogP contribution < -0.4 is 10.1 Å². The highest BCUT2D eigenvalue weighted by atomic mass is 16.5. The molecule has 3 nitrogen and oxygen atoms in total. The Kier molecular flexibility index (Phi) is 2.71. The van der Waals surface area contributed by atoms with Crippen molar-refractivity contribution in [3.63, 3.8) is 0 Å². The van der Waals surface area contributed by atoms with Crippen molar-refractivity contribution in [2.24, 2.45) is 0 Å². The highest BCUT2D eigenvalue weighted by Crippen LogP contribution is 2.32. The van der Waals surface area contributed by atoms with Crippen molar-refractivity contribution in [3.8, 4) is 5.75 Å². The van der Waals surface area contributed by atoms with E-state index in [0.29, 0.717) is 13.2 Å². The van der Waals surface area contributed by atoms with Crippen LogP contribution >= 0.6 is 0 Å². The zero-order valence-corrected chi connectivity index (χ0v) is 11.0. The lowest BCUT2D eigenvalue weighted by molar-refractivity contribution is 0.307. The van der Waals surface area contributed by atoms with Gasteiger partial charge < -0.3 is 9.15 Å². The second-order valence-corrected chi connectivity index (χ2v) is 5.03. The lowest BCUT2D eigenvalue weighted by Crippen LogP contribution is -2.21. The van der Waals surface area contributed by atoms with Crippen LogP contribution in [0.2, 0.25) is 0 Å². The van der Waals surface area contributed by atoms with Gasteiger partial charge in [0.15, 0.2) is 0 Å². The first kappa shape index (κ1) is 11.6. The fourth-order valence-electron chi connectivity index (χ4n) is 2.68. The van der Waals surface area contributed by atoms with E-state index in [-0.39, 0.29) is 6.04 Å². The first-order valence-electron chi connectivity index (χ1n) is 6.83. The number of furan rings is 1. The van der Waals surface area contributed by atoms with E-state index in [1.807, 2.05) is 36.4 Å². The number of rotatable bonds is 3. The van der Waals surface area contributed by atoms with E-state index in [2.05, 4.69) is 23.5 Å². The van der Waals surface area contributed by atoms with Gasteiger partial charge in [-0.25, -0.2) is 0 Å². The van der Waals surface area contributed by atoms with Gasteiger partial charge in [-0.3, -0.25) is 5.32 Å². The Morgan fingerprint density at radius 2 is 1.90 bits per heavy atom. The predicted molar refractivity (Wildman–Crippen MR) is 77.7 cm³/mol. The van der Waals surface area contributed by atoms with Gasteiger partial charge in [-0.1, -0.05) is 36.4 Å². The molecule has 0 spiro atoms. The highest BCUT2D eigenvalue weighted by molar-refractivity contribution is 5.77. The van der Waals surface area contributed by atoms with E-state index in [1.165, 1.54) is 5.56 Å². The maximum Gasteiger partial charge on any atom is 0.134 e. The van der Waals surface area contributed by atoms with E-state index in [9.17, 15) is 0 Å². The summed E-state index contributed by atoms with van der Waals surface area (Å²) in [5, 5.41) is 4.64. The van der Waals surface area contributed by atoms with E-state index < -0.39 is 0 Å². The molecule has 2 aromatic carbocycles. The van der Waals surface area contributed by atoms with Crippen molar-refractivity contribution in [1.29, 1.82) is 0 Å². The van der Waals surface area contributed by atoms with E-state index in [0.717, 1.165) is 22.5 Å². The van der Waals surface area contributed by atoms with Crippen LogP contribution in [0.1, 0.15) is 17.4 Å². The normalized spacial score (nSPS) is 17.1. The van der Waals surface area contributed by atoms with Gasteiger partial charge in [0.25, 0.3) is 0 Å². The van der Waals surface area contributed by atoms with Crippen molar-refractivity contribution in [3.05, 3.63) is 65.9 Å². The Hall–Kier alpha value is -2.26. The third-order valence-corrected chi connectivity index (χ3v) is 3.70. The first-order chi connectivity index (χ1) is 9.90. The Balaban J connectivity index is 1.51. The number of hydrogen-bond acceptors (Lipinski definition) is 3. The van der Waals surface area contributed by atoms with Crippen molar-refractivity contribution < 1.29 is 9.15 Å². The summed E-state index contributed by atoms with van der Waals surface area (Å²) in [6.45, 7) is 1.39. The number of fused-ring (bicyclic) bond motifs is 2. The molecule has 1 aliphatic rings. The molecule has 2 heterocycles. The fraction of sp³-hybridized carbons (Fsp3) is 0.176. The average molecular weight is 265 g/mol. The van der Waals surface area contributed by atoms with Gasteiger partial charge in [-0.05, 0) is 18.2 Å². The van der Waals surface area contributed by atoms with Crippen molar-refractivity contribution in [2.75, 3.05) is 6.61 Å². The average Bonchev–Trinajstić information content (AvgIpc) is 3.08. The molecule has 0 saturated carbocycles. The molecule has 0 amide bonds. The zero-order valence-electron chi connectivity index (χ0n) is 11.0. The molecule has 1 N–H and O–H groups in total. The van der Waals surface area contributed by atoms with Gasteiger partial charge in [0.05, 0.1) is 12.6 Å². The third kappa shape index (κ3) is 1.96. The van der Waals surface area contributed by atoms with Crippen LogP contribution in [0.15, 0.2) is 59.0 Å². The molecule has 4 rings (SSSR count). The Morgan fingerprint density at radius 1 is 1.05 bits per heavy atom. The van der Waals surface area contributed by atoms with Gasteiger partial charge >= 0.3 is 0 Å². The van der Waals surface area contributed by atoms with Crippen LogP contribution in [-0.2, 0) is 6.54 Å². The van der Waals surface area contributed by atoms with Gasteiger partial charge in [-0.15, -0.1) is 0 Å². The SMILES string of the molecule is c1ccc2c(c1)OCC2NCc1cc2ccccc2o1. The van der Waals surface area contributed by atoms with Crippen LogP contribution in [0.4, 0.5) is 0 Å². The molecular formula is C17H15NO2. The van der Waals surface area contributed by atoms with Crippen LogP contribution in [0, 0.1) is 0 Å². The van der Waals surface area contributed by atoms with Crippen molar-refractivity contribution >= 4 is 11.0 Å². The molecule has 0 bridgehead atoms. The summed E-state index contributed by atoms with van der Waals surface area (Å²) in [6, 6.07) is 18.6. The second kappa shape index (κ2) is 4.69. The summed E-state index contributed by atoms with van der Waals surface area (Å²) in [5.74, 6) is 1.94. The summed E-state index contributed by atoms with van der Waals surface area (Å²) in [6.07, 6.45) is 0. The second-order valence-electron chi connectivity index (χ2n) is 5.03. The number of hydrogen-bond donors (Lipinski definition) is 1. The molecule has 3 heteroatoms. The maximum atomic E-state index is 5.81. The smallest absolute Gasteiger partial charge is 0.134 e. The summed E-state index contributed by atoms with van der Waals surface area (Å²) >= 11 is 0. The third-order valence-electron chi connectivity index (χ3n) is 3.70. The molecule has 100 valence electrons. The quantitative estimate of drug-likeness (QED) is 0.785. The van der Waals surface area contributed by atoms with Gasteiger partial charge in [0, 0.05) is 10.9 Å². The monoisotopic (exact) mass is 265 g/mol. The summed E-state index contributed by atoms with van der Waals surface area (Å²) in [5.41, 5.74) is 2.16. The first-order valence-corrected chi connectivity index (χ1v) is 6.83. The maximum absolute atomic E-state index is 5.81. The lowest BCUT2D eigenvalue weighted by atomic mass is 10.1. The number of benzene rings is 2. The van der Waals surface area contributed by atoms with E-state index >= 15 is 0 Å². The number of ether oxygens (including phenoxy) is 1. The minimum atomic E-state index is 0.236. The van der Waals surface area contributed by atoms with E-state index in [1.54, 1.807) is 0 Å². The molecule has 0 fully saturated rings. The molecule has 3 aromatic rings. The van der Waals surface area contributed by atoms with Crippen LogP contribution in [0.5, 0.6) is 5.75 Å². The van der Waals surface area contributed by atoms with Gasteiger partial charge in [0.1, 0.15) is 23.7 Å². The fourth-order valence-corrected chi connectivity index (χ4v) is 2.68. The molecule has 0 aliphatic carbocycles. The summed E-state index contributed by atoms with van der Waals surface area (Å²) in [7, 11) is 0. The minimum absolute atomic E-state index is 0.236. The number of para-hydroxylation sites is 2. The predicted octanol–water partition coefficient (Wildman–Crippen LogP) is 3.66. The van der Waals surface area contributed by atoms with Crippen molar-refractivity contribution in [1.82, 2.24) is 5.32 Å². The number of nitrogens with one attached hydrogen (secondary N) is 1. The Labute approximate surface area is 117 Å². The summed E-state index contributed by atoms with van der Waals surface area (Å²) in [4.78, 5) is 0. The van der Waals surface area contributed by atoms with Gasteiger partial charge in [-0.2, -0.15) is 0 Å². The van der Waals surface area contributed by atoms with E-state index in [4.69, 9.17) is 9.15 Å². The molecule has 0 saturated heterocycles. The molecule has 1 aliphatic heterocycles. The molecule has 1 aromatic heterocycles. The standard InChI is InChI=1S/C17H15NO2/c1-3-7-16-12(5-1)9-13(20-16)10-18-15-11-19-17-8-4-2-6-14(15)17/h1-9,15,18H,10-11H2. The van der Waals surface area contributed by atoms with Gasteiger partial charge in [0.2, 0.25) is 0 Å². The molecule has 0 radical (unpaired) electrons. The lowest BCUT2D eigenvalue weighted by Gasteiger charge is -2.09. The minimum Gasteiger partial charge on any atom is -0.491 e. The highest BCUT2D eigenvalue weighted by Gasteiger charge is 2.23. The molecule has 20 heavy (non-hydrogen) atoms. The van der Waals surface area contributed by atoms with Crippen LogP contribution in [0.25, 0.3) is 11.0 Å². The van der Waals surface area contributed by atoms with Crippen molar-refractivity contribution in [2.45, 2.75) is 12.6 Å². The Morgan fingerprint density at radius 3 is 2.85 bits per heavy atom. The zero-order chi connectivity index (χ0) is 13.4. The van der Waals surface area contributed by atoms with Crippen LogP contribution in [-0.4, -0.2) is 6.61 Å².